The molecule has 0 saturated heterocycles. The maximum Gasteiger partial charge on any atom is 0.196 e. The van der Waals surface area contributed by atoms with Gasteiger partial charge in [-0.25, -0.2) is 0 Å². The molecule has 0 atom stereocenters. The summed E-state index contributed by atoms with van der Waals surface area (Å²) in [5, 5.41) is 0. The monoisotopic (exact) mass is 350 g/mol. The standard InChI is InChI=1S/C16H15BrO4/c1-19-11-5-6-12(15(9-11)21-3)16(18)10-4-7-14(20-2)13(17)8-10/h4-9H,1-3H3. The number of ketones is 1. The third-order valence-electron chi connectivity index (χ3n) is 3.07. The summed E-state index contributed by atoms with van der Waals surface area (Å²) in [6.07, 6.45) is 0. The zero-order valence-electron chi connectivity index (χ0n) is 12.0. The molecule has 2 rings (SSSR count). The summed E-state index contributed by atoms with van der Waals surface area (Å²) in [5.74, 6) is 1.66. The molecule has 0 aromatic heterocycles. The Labute approximate surface area is 131 Å². The highest BCUT2D eigenvalue weighted by atomic mass is 79.9. The van der Waals surface area contributed by atoms with E-state index in [-0.39, 0.29) is 5.78 Å². The van der Waals surface area contributed by atoms with Crippen LogP contribution in [-0.2, 0) is 0 Å². The number of carbonyl (C=O) groups excluding carboxylic acids is 1. The fraction of sp³-hybridized carbons (Fsp3) is 0.188. The first-order valence-electron chi connectivity index (χ1n) is 6.21. The number of halogens is 1. The summed E-state index contributed by atoms with van der Waals surface area (Å²) in [5.41, 5.74) is 1.03. The molecule has 21 heavy (non-hydrogen) atoms. The average molecular weight is 351 g/mol. The van der Waals surface area contributed by atoms with Crippen LogP contribution in [0.3, 0.4) is 0 Å². The molecule has 0 saturated carbocycles. The van der Waals surface area contributed by atoms with Crippen molar-refractivity contribution in [3.8, 4) is 17.2 Å². The number of rotatable bonds is 5. The topological polar surface area (TPSA) is 44.8 Å². The Bertz CT molecular complexity index is 667. The van der Waals surface area contributed by atoms with E-state index < -0.39 is 0 Å². The Morgan fingerprint density at radius 1 is 0.905 bits per heavy atom. The van der Waals surface area contributed by atoms with E-state index in [1.807, 2.05) is 0 Å². The first-order valence-corrected chi connectivity index (χ1v) is 7.00. The highest BCUT2D eigenvalue weighted by Crippen LogP contribution is 2.30. The fourth-order valence-electron chi connectivity index (χ4n) is 1.95. The second-order valence-electron chi connectivity index (χ2n) is 4.24. The van der Waals surface area contributed by atoms with Crippen LogP contribution in [0.15, 0.2) is 40.9 Å². The smallest absolute Gasteiger partial charge is 0.196 e. The van der Waals surface area contributed by atoms with E-state index in [2.05, 4.69) is 15.9 Å². The molecule has 0 radical (unpaired) electrons. The quantitative estimate of drug-likeness (QED) is 0.771. The van der Waals surface area contributed by atoms with Gasteiger partial charge in [0.15, 0.2) is 5.78 Å². The van der Waals surface area contributed by atoms with Crippen molar-refractivity contribution >= 4 is 21.7 Å². The lowest BCUT2D eigenvalue weighted by atomic mass is 10.0. The summed E-state index contributed by atoms with van der Waals surface area (Å²) in [4.78, 5) is 12.6. The third kappa shape index (κ3) is 3.19. The van der Waals surface area contributed by atoms with Crippen LogP contribution in [0.2, 0.25) is 0 Å². The second kappa shape index (κ2) is 6.63. The lowest BCUT2D eigenvalue weighted by Gasteiger charge is -2.10. The molecular formula is C16H15BrO4. The van der Waals surface area contributed by atoms with Gasteiger partial charge in [-0.15, -0.1) is 0 Å². The van der Waals surface area contributed by atoms with E-state index in [4.69, 9.17) is 14.2 Å². The Morgan fingerprint density at radius 2 is 1.62 bits per heavy atom. The number of methoxy groups -OCH3 is 3. The predicted molar refractivity (Wildman–Crippen MR) is 83.7 cm³/mol. The van der Waals surface area contributed by atoms with Crippen molar-refractivity contribution in [1.82, 2.24) is 0 Å². The molecule has 2 aromatic carbocycles. The Kier molecular flexibility index (Phi) is 4.85. The summed E-state index contributed by atoms with van der Waals surface area (Å²) < 4.78 is 16.3. The van der Waals surface area contributed by atoms with Crippen molar-refractivity contribution in [1.29, 1.82) is 0 Å². The minimum absolute atomic E-state index is 0.127. The van der Waals surface area contributed by atoms with Crippen LogP contribution in [0.4, 0.5) is 0 Å². The number of hydrogen-bond donors (Lipinski definition) is 0. The number of ether oxygens (including phenoxy) is 3. The lowest BCUT2D eigenvalue weighted by Crippen LogP contribution is -2.04. The van der Waals surface area contributed by atoms with E-state index in [0.717, 1.165) is 4.47 Å². The molecule has 0 fully saturated rings. The van der Waals surface area contributed by atoms with Gasteiger partial charge in [0.1, 0.15) is 17.2 Å². The van der Waals surface area contributed by atoms with Gasteiger partial charge in [-0.3, -0.25) is 4.79 Å². The van der Waals surface area contributed by atoms with Crippen molar-refractivity contribution in [2.75, 3.05) is 21.3 Å². The van der Waals surface area contributed by atoms with Gasteiger partial charge in [0, 0.05) is 11.6 Å². The summed E-state index contributed by atoms with van der Waals surface area (Å²) in [6.45, 7) is 0. The minimum atomic E-state index is -0.127. The minimum Gasteiger partial charge on any atom is -0.497 e. The SMILES string of the molecule is COc1ccc(C(=O)c2ccc(OC)c(Br)c2)c(OC)c1. The summed E-state index contributed by atoms with van der Waals surface area (Å²) >= 11 is 3.38. The molecule has 0 amide bonds. The Hall–Kier alpha value is -2.01. The zero-order chi connectivity index (χ0) is 15.4. The first kappa shape index (κ1) is 15.4. The van der Waals surface area contributed by atoms with Gasteiger partial charge in [0.05, 0.1) is 31.4 Å². The van der Waals surface area contributed by atoms with E-state index in [1.165, 1.54) is 7.11 Å². The molecule has 0 aliphatic carbocycles. The predicted octanol–water partition coefficient (Wildman–Crippen LogP) is 3.71. The van der Waals surface area contributed by atoms with Gasteiger partial charge in [0.25, 0.3) is 0 Å². The molecular weight excluding hydrogens is 336 g/mol. The molecule has 110 valence electrons. The number of carbonyl (C=O) groups is 1. The highest BCUT2D eigenvalue weighted by Gasteiger charge is 2.16. The van der Waals surface area contributed by atoms with Crippen molar-refractivity contribution in [3.63, 3.8) is 0 Å². The normalized spacial score (nSPS) is 10.1. The largest absolute Gasteiger partial charge is 0.497 e. The van der Waals surface area contributed by atoms with Crippen molar-refractivity contribution in [3.05, 3.63) is 52.0 Å². The maximum absolute atomic E-state index is 12.6. The van der Waals surface area contributed by atoms with Gasteiger partial charge in [-0.05, 0) is 46.3 Å². The van der Waals surface area contributed by atoms with Crippen molar-refractivity contribution in [2.24, 2.45) is 0 Å². The zero-order valence-corrected chi connectivity index (χ0v) is 13.6. The second-order valence-corrected chi connectivity index (χ2v) is 5.10. The van der Waals surface area contributed by atoms with Crippen LogP contribution in [-0.4, -0.2) is 27.1 Å². The molecule has 5 heteroatoms. The molecule has 0 bridgehead atoms. The molecule has 0 aliphatic heterocycles. The first-order chi connectivity index (χ1) is 10.1. The molecule has 2 aromatic rings. The number of benzene rings is 2. The van der Waals surface area contributed by atoms with E-state index in [0.29, 0.717) is 28.4 Å². The molecule has 0 heterocycles. The van der Waals surface area contributed by atoms with E-state index >= 15 is 0 Å². The van der Waals surface area contributed by atoms with Crippen molar-refractivity contribution < 1.29 is 19.0 Å². The Balaban J connectivity index is 2.42. The lowest BCUT2D eigenvalue weighted by molar-refractivity contribution is 0.103. The number of hydrogen-bond acceptors (Lipinski definition) is 4. The molecule has 0 spiro atoms. The van der Waals surface area contributed by atoms with E-state index in [1.54, 1.807) is 50.6 Å². The third-order valence-corrected chi connectivity index (χ3v) is 3.69. The van der Waals surface area contributed by atoms with E-state index in [9.17, 15) is 4.79 Å². The summed E-state index contributed by atoms with van der Waals surface area (Å²) in [6, 6.07) is 10.3. The van der Waals surface area contributed by atoms with Gasteiger partial charge in [0.2, 0.25) is 0 Å². The van der Waals surface area contributed by atoms with Crippen LogP contribution in [0, 0.1) is 0 Å². The molecule has 4 nitrogen and oxygen atoms in total. The van der Waals surface area contributed by atoms with Crippen molar-refractivity contribution in [2.45, 2.75) is 0 Å². The Morgan fingerprint density at radius 3 is 2.19 bits per heavy atom. The van der Waals surface area contributed by atoms with Gasteiger partial charge in [-0.1, -0.05) is 0 Å². The highest BCUT2D eigenvalue weighted by molar-refractivity contribution is 9.10. The van der Waals surface area contributed by atoms with Crippen LogP contribution >= 0.6 is 15.9 Å². The van der Waals surface area contributed by atoms with Crippen LogP contribution < -0.4 is 14.2 Å². The van der Waals surface area contributed by atoms with Gasteiger partial charge in [-0.2, -0.15) is 0 Å². The average Bonchev–Trinajstić information content (AvgIpc) is 2.53. The maximum atomic E-state index is 12.6. The van der Waals surface area contributed by atoms with Gasteiger partial charge >= 0.3 is 0 Å². The van der Waals surface area contributed by atoms with Gasteiger partial charge < -0.3 is 14.2 Å². The fourth-order valence-corrected chi connectivity index (χ4v) is 2.49. The molecule has 0 aliphatic rings. The molecule has 0 N–H and O–H groups in total. The summed E-state index contributed by atoms with van der Waals surface area (Å²) in [7, 11) is 4.67. The van der Waals surface area contributed by atoms with Crippen LogP contribution in [0.1, 0.15) is 15.9 Å². The molecule has 0 unspecified atom stereocenters. The van der Waals surface area contributed by atoms with Crippen LogP contribution in [0.5, 0.6) is 17.2 Å². The van der Waals surface area contributed by atoms with Crippen LogP contribution in [0.25, 0.3) is 0 Å².